The van der Waals surface area contributed by atoms with Crippen LogP contribution in [0.3, 0.4) is 0 Å². The smallest absolute Gasteiger partial charge is 0.338 e. The van der Waals surface area contributed by atoms with E-state index in [1.807, 2.05) is 0 Å². The summed E-state index contributed by atoms with van der Waals surface area (Å²) in [5, 5.41) is 11.8. The van der Waals surface area contributed by atoms with Crippen molar-refractivity contribution in [1.29, 1.82) is 0 Å². The first-order valence-electron chi connectivity index (χ1n) is 6.78. The van der Waals surface area contributed by atoms with Crippen LogP contribution >= 0.6 is 0 Å². The van der Waals surface area contributed by atoms with Crippen LogP contribution in [0.5, 0.6) is 0 Å². The fraction of sp³-hybridized carbons (Fsp3) is 0.500. The Bertz CT molecular complexity index is 466. The molecule has 0 radical (unpaired) electrons. The second-order valence-corrected chi connectivity index (χ2v) is 4.59. The lowest BCUT2D eigenvalue weighted by Crippen LogP contribution is -2.29. The molecule has 0 saturated heterocycles. The number of nitrogen functional groups attached to an aromatic ring is 1. The molecule has 6 heteroatoms. The van der Waals surface area contributed by atoms with Gasteiger partial charge in [0.05, 0.1) is 16.9 Å². The molecule has 1 rings (SSSR count). The number of hydrogen-bond acceptors (Lipinski definition) is 4. The van der Waals surface area contributed by atoms with Crippen molar-refractivity contribution in [3.05, 3.63) is 23.5 Å². The average molecular weight is 283 g/mol. The van der Waals surface area contributed by atoms with Crippen molar-refractivity contribution in [1.82, 2.24) is 4.90 Å². The van der Waals surface area contributed by atoms with Crippen molar-refractivity contribution in [2.24, 2.45) is 0 Å². The second kappa shape index (κ2) is 7.69. The lowest BCUT2D eigenvalue weighted by Gasteiger charge is -2.20. The van der Waals surface area contributed by atoms with Crippen LogP contribution in [0.1, 0.15) is 30.6 Å². The Morgan fingerprint density at radius 2 is 2.10 bits per heavy atom. The van der Waals surface area contributed by atoms with Crippen LogP contribution < -0.4 is 11.1 Å². The van der Waals surface area contributed by atoms with E-state index in [4.69, 9.17) is 10.8 Å². The molecule has 20 heavy (non-hydrogen) atoms. The van der Waals surface area contributed by atoms with Gasteiger partial charge in [-0.05, 0) is 31.6 Å². The summed E-state index contributed by atoms with van der Waals surface area (Å²) in [5.74, 6) is -2.10. The van der Waals surface area contributed by atoms with Crippen LogP contribution in [-0.2, 0) is 0 Å². The topological polar surface area (TPSA) is 78.6 Å². The highest BCUT2D eigenvalue weighted by molar-refractivity contribution is 5.90. The Morgan fingerprint density at radius 1 is 1.40 bits per heavy atom. The van der Waals surface area contributed by atoms with Crippen molar-refractivity contribution >= 4 is 17.3 Å². The zero-order valence-corrected chi connectivity index (χ0v) is 11.9. The van der Waals surface area contributed by atoms with Crippen molar-refractivity contribution in [2.75, 3.05) is 37.2 Å². The van der Waals surface area contributed by atoms with Gasteiger partial charge >= 0.3 is 5.97 Å². The second-order valence-electron chi connectivity index (χ2n) is 4.59. The molecule has 0 aromatic heterocycles. The normalized spacial score (nSPS) is 10.8. The predicted molar refractivity (Wildman–Crippen MR) is 78.7 cm³/mol. The minimum Gasteiger partial charge on any atom is -0.478 e. The third-order valence-corrected chi connectivity index (χ3v) is 3.10. The number of aromatic carboxylic acids is 1. The maximum atomic E-state index is 13.6. The first kappa shape index (κ1) is 16.2. The van der Waals surface area contributed by atoms with Crippen molar-refractivity contribution in [3.8, 4) is 0 Å². The highest BCUT2D eigenvalue weighted by Gasteiger charge is 2.13. The van der Waals surface area contributed by atoms with E-state index in [1.54, 1.807) is 0 Å². The number of benzene rings is 1. The van der Waals surface area contributed by atoms with E-state index in [9.17, 15) is 9.18 Å². The number of anilines is 2. The molecule has 4 N–H and O–H groups in total. The van der Waals surface area contributed by atoms with E-state index in [1.165, 1.54) is 0 Å². The molecule has 0 amide bonds. The molecule has 0 heterocycles. The molecule has 0 aliphatic carbocycles. The Kier molecular flexibility index (Phi) is 6.24. The van der Waals surface area contributed by atoms with Gasteiger partial charge in [0.15, 0.2) is 0 Å². The summed E-state index contributed by atoms with van der Waals surface area (Å²) in [4.78, 5) is 13.0. The van der Waals surface area contributed by atoms with Crippen LogP contribution in [0, 0.1) is 5.82 Å². The summed E-state index contributed by atoms with van der Waals surface area (Å²) < 4.78 is 13.6. The van der Waals surface area contributed by atoms with Crippen LogP contribution in [0.25, 0.3) is 0 Å². The number of hydrogen-bond donors (Lipinski definition) is 3. The lowest BCUT2D eigenvalue weighted by atomic mass is 10.1. The Balaban J connectivity index is 2.65. The molecule has 0 spiro atoms. The van der Waals surface area contributed by atoms with E-state index >= 15 is 0 Å². The summed E-state index contributed by atoms with van der Waals surface area (Å²) in [6, 6.07) is 2.28. The fourth-order valence-electron chi connectivity index (χ4n) is 2.00. The van der Waals surface area contributed by atoms with Crippen LogP contribution in [0.4, 0.5) is 15.8 Å². The number of nitrogens with zero attached hydrogens (tertiary/aromatic N) is 1. The number of rotatable bonds is 8. The van der Waals surface area contributed by atoms with Gasteiger partial charge in [-0.2, -0.15) is 0 Å². The summed E-state index contributed by atoms with van der Waals surface area (Å²) in [7, 11) is 0. The highest BCUT2D eigenvalue weighted by atomic mass is 19.1. The standard InChI is InChI=1S/C14H22FN3O2/c1-3-6-18(4-2)7-5-17-13-9-11(15)10(14(19)20)8-12(13)16/h8-9,17H,3-7,16H2,1-2H3,(H,19,20). The summed E-state index contributed by atoms with van der Waals surface area (Å²) in [6.07, 6.45) is 1.08. The zero-order chi connectivity index (χ0) is 15.1. The molecule has 1 aromatic rings. The molecule has 0 aliphatic heterocycles. The molecule has 0 bridgehead atoms. The monoisotopic (exact) mass is 283 g/mol. The number of carboxylic acid groups (broad SMARTS) is 1. The van der Waals surface area contributed by atoms with Gasteiger partial charge in [0, 0.05) is 13.1 Å². The fourth-order valence-corrected chi connectivity index (χ4v) is 2.00. The number of carboxylic acids is 1. The van der Waals surface area contributed by atoms with Crippen LogP contribution in [-0.4, -0.2) is 42.2 Å². The van der Waals surface area contributed by atoms with Gasteiger partial charge in [0.25, 0.3) is 0 Å². The van der Waals surface area contributed by atoms with E-state index in [2.05, 4.69) is 24.1 Å². The minimum absolute atomic E-state index is 0.238. The number of nitrogens with two attached hydrogens (primary N) is 1. The maximum absolute atomic E-state index is 13.6. The van der Waals surface area contributed by atoms with Crippen molar-refractivity contribution in [3.63, 3.8) is 0 Å². The van der Waals surface area contributed by atoms with E-state index in [-0.39, 0.29) is 5.69 Å². The van der Waals surface area contributed by atoms with Gasteiger partial charge in [0.2, 0.25) is 0 Å². The van der Waals surface area contributed by atoms with E-state index < -0.39 is 17.3 Å². The third kappa shape index (κ3) is 4.38. The minimum atomic E-state index is -1.32. The molecule has 0 saturated carbocycles. The first-order valence-corrected chi connectivity index (χ1v) is 6.78. The number of nitrogens with one attached hydrogen (secondary N) is 1. The molecule has 1 aromatic carbocycles. The molecule has 0 aliphatic rings. The Morgan fingerprint density at radius 3 is 2.65 bits per heavy atom. The first-order chi connectivity index (χ1) is 9.49. The van der Waals surface area contributed by atoms with Gasteiger partial charge in [-0.1, -0.05) is 13.8 Å². The number of carbonyl (C=O) groups is 1. The van der Waals surface area contributed by atoms with Gasteiger partial charge in [-0.25, -0.2) is 9.18 Å². The average Bonchev–Trinajstić information content (AvgIpc) is 2.40. The SMILES string of the molecule is CCCN(CC)CCNc1cc(F)c(C(=O)O)cc1N. The molecule has 0 unspecified atom stereocenters. The lowest BCUT2D eigenvalue weighted by molar-refractivity contribution is 0.0692. The predicted octanol–water partition coefficient (Wildman–Crippen LogP) is 2.25. The van der Waals surface area contributed by atoms with Crippen molar-refractivity contribution in [2.45, 2.75) is 20.3 Å². The van der Waals surface area contributed by atoms with Gasteiger partial charge in [-0.3, -0.25) is 0 Å². The molecule has 112 valence electrons. The summed E-state index contributed by atoms with van der Waals surface area (Å²) in [6.45, 7) is 7.63. The quantitative estimate of drug-likeness (QED) is 0.638. The van der Waals surface area contributed by atoms with Gasteiger partial charge in [-0.15, -0.1) is 0 Å². The Hall–Kier alpha value is -1.82. The highest BCUT2D eigenvalue weighted by Crippen LogP contribution is 2.22. The van der Waals surface area contributed by atoms with Crippen molar-refractivity contribution < 1.29 is 14.3 Å². The third-order valence-electron chi connectivity index (χ3n) is 3.10. The van der Waals surface area contributed by atoms with E-state index in [0.29, 0.717) is 12.2 Å². The number of halogens is 1. The van der Waals surface area contributed by atoms with Gasteiger partial charge in [0.1, 0.15) is 5.82 Å². The molecule has 5 nitrogen and oxygen atoms in total. The van der Waals surface area contributed by atoms with E-state index in [0.717, 1.165) is 38.2 Å². The molecule has 0 atom stereocenters. The molecule has 0 fully saturated rings. The summed E-state index contributed by atoms with van der Waals surface area (Å²) in [5.41, 5.74) is 5.99. The van der Waals surface area contributed by atoms with Gasteiger partial charge < -0.3 is 21.1 Å². The Labute approximate surface area is 118 Å². The van der Waals surface area contributed by atoms with Crippen LogP contribution in [0.2, 0.25) is 0 Å². The molecular weight excluding hydrogens is 261 g/mol. The maximum Gasteiger partial charge on any atom is 0.338 e. The largest absolute Gasteiger partial charge is 0.478 e. The summed E-state index contributed by atoms with van der Waals surface area (Å²) >= 11 is 0. The molecular formula is C14H22FN3O2. The number of likely N-dealkylation sites (N-methyl/N-ethyl adjacent to an activating group) is 1. The van der Waals surface area contributed by atoms with Crippen LogP contribution in [0.15, 0.2) is 12.1 Å². The zero-order valence-electron chi connectivity index (χ0n) is 11.9.